The van der Waals surface area contributed by atoms with Crippen molar-refractivity contribution in [2.45, 2.75) is 46.2 Å². The molecule has 6 heteroatoms. The maximum Gasteiger partial charge on any atom is 0.261 e. The second-order valence-electron chi connectivity index (χ2n) is 9.35. The highest BCUT2D eigenvalue weighted by molar-refractivity contribution is 6.33. The number of benzene rings is 3. The molecule has 2 atom stereocenters. The summed E-state index contributed by atoms with van der Waals surface area (Å²) in [6.45, 7) is 7.72. The van der Waals surface area contributed by atoms with Crippen LogP contribution in [0, 0.1) is 5.92 Å². The second-order valence-corrected chi connectivity index (χ2v) is 9.35. The fraction of sp³-hybridized carbons (Fsp3) is 0.286. The molecule has 2 heterocycles. The SMILES string of the molecule is CCC(c1ccccc1)N1C(=O)c2ccc3c4c(ccc(c24)C1=O)C(=O)N(C(C)C(C)C)C3=O. The van der Waals surface area contributed by atoms with E-state index in [1.54, 1.807) is 24.3 Å². The lowest BCUT2D eigenvalue weighted by Crippen LogP contribution is -2.48. The van der Waals surface area contributed by atoms with Crippen LogP contribution in [0.3, 0.4) is 0 Å². The Kier molecular flexibility index (Phi) is 5.12. The fourth-order valence-corrected chi connectivity index (χ4v) is 5.11. The molecule has 3 aromatic rings. The fourth-order valence-electron chi connectivity index (χ4n) is 5.11. The molecule has 0 bridgehead atoms. The Morgan fingerprint density at radius 1 is 0.618 bits per heavy atom. The number of imide groups is 2. The molecule has 2 aliphatic heterocycles. The van der Waals surface area contributed by atoms with Crippen LogP contribution in [0.5, 0.6) is 0 Å². The van der Waals surface area contributed by atoms with Crippen LogP contribution in [-0.2, 0) is 0 Å². The third kappa shape index (κ3) is 2.94. The first-order valence-electron chi connectivity index (χ1n) is 11.7. The Bertz CT molecular complexity index is 1310. The second kappa shape index (κ2) is 7.90. The van der Waals surface area contributed by atoms with Gasteiger partial charge in [0.25, 0.3) is 23.6 Å². The highest BCUT2D eigenvalue weighted by Crippen LogP contribution is 2.41. The summed E-state index contributed by atoms with van der Waals surface area (Å²) in [6.07, 6.45) is 0.565. The normalized spacial score (nSPS) is 17.1. The van der Waals surface area contributed by atoms with Gasteiger partial charge in [-0.25, -0.2) is 0 Å². The van der Waals surface area contributed by atoms with Gasteiger partial charge in [-0.15, -0.1) is 0 Å². The van der Waals surface area contributed by atoms with Crippen LogP contribution in [0.15, 0.2) is 54.6 Å². The first-order chi connectivity index (χ1) is 16.3. The van der Waals surface area contributed by atoms with Crippen LogP contribution in [0.25, 0.3) is 10.8 Å². The Morgan fingerprint density at radius 2 is 1.03 bits per heavy atom. The van der Waals surface area contributed by atoms with Gasteiger partial charge < -0.3 is 0 Å². The molecular formula is C28H26N2O4. The summed E-state index contributed by atoms with van der Waals surface area (Å²) < 4.78 is 0. The minimum atomic E-state index is -0.415. The summed E-state index contributed by atoms with van der Waals surface area (Å²) in [5.74, 6) is -1.51. The molecule has 3 aromatic carbocycles. The van der Waals surface area contributed by atoms with Crippen molar-refractivity contribution in [3.8, 4) is 0 Å². The topological polar surface area (TPSA) is 74.8 Å². The van der Waals surface area contributed by atoms with Crippen molar-refractivity contribution in [3.05, 3.63) is 82.4 Å². The number of hydrogen-bond donors (Lipinski definition) is 0. The van der Waals surface area contributed by atoms with Crippen LogP contribution in [0.1, 0.15) is 87.2 Å². The van der Waals surface area contributed by atoms with E-state index in [4.69, 9.17) is 0 Å². The van der Waals surface area contributed by atoms with Gasteiger partial charge in [0.15, 0.2) is 0 Å². The maximum absolute atomic E-state index is 13.7. The maximum atomic E-state index is 13.7. The first-order valence-corrected chi connectivity index (χ1v) is 11.7. The molecule has 5 rings (SSSR count). The van der Waals surface area contributed by atoms with Gasteiger partial charge in [-0.2, -0.15) is 0 Å². The zero-order valence-electron chi connectivity index (χ0n) is 19.7. The van der Waals surface area contributed by atoms with Gasteiger partial charge in [-0.1, -0.05) is 51.1 Å². The molecule has 6 nitrogen and oxygen atoms in total. The van der Waals surface area contributed by atoms with Crippen LogP contribution in [0.2, 0.25) is 0 Å². The van der Waals surface area contributed by atoms with E-state index in [1.807, 2.05) is 58.0 Å². The molecule has 0 N–H and O–H groups in total. The number of nitrogens with zero attached hydrogens (tertiary/aromatic N) is 2. The van der Waals surface area contributed by atoms with Crippen molar-refractivity contribution in [1.82, 2.24) is 9.80 Å². The van der Waals surface area contributed by atoms with Gasteiger partial charge in [0.05, 0.1) is 6.04 Å². The van der Waals surface area contributed by atoms with E-state index in [0.29, 0.717) is 39.4 Å². The van der Waals surface area contributed by atoms with Gasteiger partial charge in [-0.05, 0) is 49.1 Å². The minimum absolute atomic E-state index is 0.0862. The van der Waals surface area contributed by atoms with Gasteiger partial charge in [-0.3, -0.25) is 29.0 Å². The van der Waals surface area contributed by atoms with Crippen molar-refractivity contribution < 1.29 is 19.2 Å². The molecule has 2 unspecified atom stereocenters. The van der Waals surface area contributed by atoms with Gasteiger partial charge >= 0.3 is 0 Å². The Labute approximate surface area is 198 Å². The minimum Gasteiger partial charge on any atom is -0.271 e. The van der Waals surface area contributed by atoms with Crippen molar-refractivity contribution in [3.63, 3.8) is 0 Å². The average Bonchev–Trinajstić information content (AvgIpc) is 2.84. The van der Waals surface area contributed by atoms with Crippen LogP contribution in [-0.4, -0.2) is 39.5 Å². The smallest absolute Gasteiger partial charge is 0.261 e. The number of hydrogen-bond acceptors (Lipinski definition) is 4. The van der Waals surface area contributed by atoms with Gasteiger partial charge in [0.2, 0.25) is 0 Å². The summed E-state index contributed by atoms with van der Waals surface area (Å²) in [4.78, 5) is 56.7. The highest BCUT2D eigenvalue weighted by Gasteiger charge is 2.42. The van der Waals surface area contributed by atoms with E-state index in [1.165, 1.54) is 9.80 Å². The van der Waals surface area contributed by atoms with E-state index >= 15 is 0 Å². The van der Waals surface area contributed by atoms with Crippen LogP contribution in [0.4, 0.5) is 0 Å². The van der Waals surface area contributed by atoms with Gasteiger partial charge in [0.1, 0.15) is 0 Å². The molecule has 2 aliphatic rings. The molecule has 0 saturated carbocycles. The first kappa shape index (κ1) is 22.0. The molecule has 0 fully saturated rings. The zero-order valence-corrected chi connectivity index (χ0v) is 19.7. The third-order valence-corrected chi connectivity index (χ3v) is 7.21. The molecular weight excluding hydrogens is 428 g/mol. The largest absolute Gasteiger partial charge is 0.271 e. The zero-order chi connectivity index (χ0) is 24.3. The molecule has 0 spiro atoms. The number of carbonyl (C=O) groups is 4. The summed E-state index contributed by atoms with van der Waals surface area (Å²) >= 11 is 0. The number of amides is 4. The van der Waals surface area contributed by atoms with E-state index in [-0.39, 0.29) is 23.8 Å². The van der Waals surface area contributed by atoms with Crippen molar-refractivity contribution >= 4 is 34.4 Å². The molecule has 34 heavy (non-hydrogen) atoms. The predicted octanol–water partition coefficient (Wildman–Crippen LogP) is 5.23. The van der Waals surface area contributed by atoms with Crippen LogP contribution >= 0.6 is 0 Å². The Morgan fingerprint density at radius 3 is 1.41 bits per heavy atom. The highest BCUT2D eigenvalue weighted by atomic mass is 16.2. The summed E-state index contributed by atoms with van der Waals surface area (Å²) in [6, 6.07) is 15.3. The molecule has 0 aromatic heterocycles. The van der Waals surface area contributed by atoms with Crippen molar-refractivity contribution in [2.24, 2.45) is 5.92 Å². The predicted molar refractivity (Wildman–Crippen MR) is 129 cm³/mol. The Balaban J connectivity index is 1.70. The summed E-state index contributed by atoms with van der Waals surface area (Å²) in [5, 5.41) is 0.814. The summed E-state index contributed by atoms with van der Waals surface area (Å²) in [5.41, 5.74) is 2.27. The summed E-state index contributed by atoms with van der Waals surface area (Å²) in [7, 11) is 0. The Hall–Kier alpha value is -3.80. The molecule has 0 saturated heterocycles. The molecule has 4 amide bonds. The molecule has 0 radical (unpaired) electrons. The quantitative estimate of drug-likeness (QED) is 0.495. The number of carbonyl (C=O) groups excluding carboxylic acids is 4. The lowest BCUT2D eigenvalue weighted by atomic mass is 9.84. The molecule has 0 aliphatic carbocycles. The lowest BCUT2D eigenvalue weighted by molar-refractivity contribution is 0.0499. The van der Waals surface area contributed by atoms with Crippen molar-refractivity contribution in [1.29, 1.82) is 0 Å². The van der Waals surface area contributed by atoms with E-state index < -0.39 is 17.9 Å². The van der Waals surface area contributed by atoms with Crippen molar-refractivity contribution in [2.75, 3.05) is 0 Å². The van der Waals surface area contributed by atoms with Crippen LogP contribution < -0.4 is 0 Å². The van der Waals surface area contributed by atoms with E-state index in [9.17, 15) is 19.2 Å². The van der Waals surface area contributed by atoms with E-state index in [0.717, 1.165) is 5.56 Å². The third-order valence-electron chi connectivity index (χ3n) is 7.21. The number of rotatable bonds is 5. The average molecular weight is 455 g/mol. The molecule has 172 valence electrons. The van der Waals surface area contributed by atoms with E-state index in [2.05, 4.69) is 0 Å². The monoisotopic (exact) mass is 454 g/mol. The standard InChI is InChI=1S/C28H26N2O4/c1-5-22(17-9-7-6-8-10-17)30-27(33)20-13-11-18-23-19(12-14-21(24(20)23)28(30)34)26(32)29(25(18)31)16(4)15(2)3/h6-16,22H,5H2,1-4H3. The van der Waals surface area contributed by atoms with Gasteiger partial charge in [0, 0.05) is 39.1 Å². The lowest BCUT2D eigenvalue weighted by Gasteiger charge is -2.37.